The average Bonchev–Trinajstić information content (AvgIpc) is 3.14. The highest BCUT2D eigenvalue weighted by Gasteiger charge is 2.23. The molecule has 3 aromatic heterocycles. The van der Waals surface area contributed by atoms with Gasteiger partial charge in [0.2, 0.25) is 0 Å². The van der Waals surface area contributed by atoms with Crippen LogP contribution in [-0.2, 0) is 0 Å². The molecule has 0 saturated carbocycles. The highest BCUT2D eigenvalue weighted by Crippen LogP contribution is 2.37. The van der Waals surface area contributed by atoms with Crippen molar-refractivity contribution in [2.24, 2.45) is 0 Å². The van der Waals surface area contributed by atoms with Gasteiger partial charge in [-0.1, -0.05) is 28.1 Å². The molecule has 138 valence electrons. The lowest BCUT2D eigenvalue weighted by atomic mass is 10.1. The summed E-state index contributed by atoms with van der Waals surface area (Å²) >= 11 is 4.93. The van der Waals surface area contributed by atoms with E-state index in [2.05, 4.69) is 37.3 Å². The number of aryl methyl sites for hydroxylation is 1. The van der Waals surface area contributed by atoms with Gasteiger partial charge >= 0.3 is 0 Å². The Morgan fingerprint density at radius 2 is 2.04 bits per heavy atom. The smallest absolute Gasteiger partial charge is 0.158 e. The first-order valence-electron chi connectivity index (χ1n) is 8.60. The molecule has 1 unspecified atom stereocenters. The van der Waals surface area contributed by atoms with E-state index in [-0.39, 0.29) is 0 Å². The van der Waals surface area contributed by atoms with Gasteiger partial charge in [0.1, 0.15) is 11.4 Å². The molecule has 1 aliphatic heterocycles. The van der Waals surface area contributed by atoms with Crippen LogP contribution >= 0.6 is 27.3 Å². The number of aliphatic hydroxyl groups excluding tert-OH is 1. The van der Waals surface area contributed by atoms with Crippen LogP contribution < -0.4 is 5.32 Å². The highest BCUT2D eigenvalue weighted by atomic mass is 79.9. The maximum atomic E-state index is 10.1. The van der Waals surface area contributed by atoms with E-state index in [1.807, 2.05) is 37.4 Å². The SMILES string of the molecule is Cc1ncc(-c2nc3c(nc2-c2ccc4ncccc4c2)C=C(Br)C(O)N3)s1. The molecule has 2 N–H and O–H groups in total. The van der Waals surface area contributed by atoms with Crippen LogP contribution in [0.3, 0.4) is 0 Å². The maximum absolute atomic E-state index is 10.1. The number of anilines is 1. The Bertz CT molecular complexity index is 1250. The minimum Gasteiger partial charge on any atom is -0.369 e. The molecule has 0 saturated heterocycles. The second-order valence-electron chi connectivity index (χ2n) is 6.39. The standard InChI is InChI=1S/C20H14BrN5OS/c1-10-23-9-16(28-10)18-17(12-4-5-14-11(7-12)3-2-6-22-14)24-15-8-13(21)20(27)26-19(15)25-18/h2-9,20,27H,1H3,(H,25,26). The number of thiazole rings is 1. The molecule has 1 aliphatic rings. The van der Waals surface area contributed by atoms with Gasteiger partial charge in [0.25, 0.3) is 0 Å². The summed E-state index contributed by atoms with van der Waals surface area (Å²) in [5, 5.41) is 15.1. The quantitative estimate of drug-likeness (QED) is 0.463. The second-order valence-corrected chi connectivity index (χ2v) is 8.54. The van der Waals surface area contributed by atoms with Gasteiger partial charge in [0, 0.05) is 27.8 Å². The van der Waals surface area contributed by atoms with Crippen LogP contribution in [0.2, 0.25) is 0 Å². The van der Waals surface area contributed by atoms with Gasteiger partial charge in [-0.2, -0.15) is 0 Å². The summed E-state index contributed by atoms with van der Waals surface area (Å²) in [7, 11) is 0. The number of aromatic nitrogens is 4. The molecular formula is C20H14BrN5OS. The Morgan fingerprint density at radius 1 is 1.14 bits per heavy atom. The van der Waals surface area contributed by atoms with Crippen molar-refractivity contribution in [1.29, 1.82) is 0 Å². The van der Waals surface area contributed by atoms with Gasteiger partial charge in [0.15, 0.2) is 12.0 Å². The molecule has 6 nitrogen and oxygen atoms in total. The van der Waals surface area contributed by atoms with Gasteiger partial charge in [-0.3, -0.25) is 4.98 Å². The normalized spacial score (nSPS) is 15.8. The van der Waals surface area contributed by atoms with Crippen molar-refractivity contribution in [1.82, 2.24) is 19.9 Å². The van der Waals surface area contributed by atoms with Gasteiger partial charge in [-0.15, -0.1) is 11.3 Å². The van der Waals surface area contributed by atoms with Crippen LogP contribution in [0.25, 0.3) is 38.8 Å². The first kappa shape index (κ1) is 17.4. The summed E-state index contributed by atoms with van der Waals surface area (Å²) in [5.74, 6) is 0.544. The van der Waals surface area contributed by atoms with E-state index in [4.69, 9.17) is 9.97 Å². The van der Waals surface area contributed by atoms with Crippen molar-refractivity contribution in [3.8, 4) is 21.8 Å². The number of hydrogen-bond donors (Lipinski definition) is 2. The number of rotatable bonds is 2. The minimum atomic E-state index is -0.838. The molecule has 5 rings (SSSR count). The minimum absolute atomic E-state index is 0.544. The van der Waals surface area contributed by atoms with Crippen molar-refractivity contribution >= 4 is 50.1 Å². The van der Waals surface area contributed by atoms with Crippen molar-refractivity contribution < 1.29 is 5.11 Å². The average molecular weight is 452 g/mol. The lowest BCUT2D eigenvalue weighted by Crippen LogP contribution is -2.24. The number of nitrogens with zero attached hydrogens (tertiary/aromatic N) is 4. The predicted molar refractivity (Wildman–Crippen MR) is 115 cm³/mol. The van der Waals surface area contributed by atoms with Crippen LogP contribution in [0.15, 0.2) is 47.2 Å². The summed E-state index contributed by atoms with van der Waals surface area (Å²) in [6, 6.07) is 10.0. The zero-order valence-corrected chi connectivity index (χ0v) is 17.1. The lowest BCUT2D eigenvalue weighted by molar-refractivity contribution is 0.248. The van der Waals surface area contributed by atoms with Crippen molar-refractivity contribution in [3.63, 3.8) is 0 Å². The summed E-state index contributed by atoms with van der Waals surface area (Å²) < 4.78 is 0.615. The number of aliphatic hydroxyl groups is 1. The van der Waals surface area contributed by atoms with Crippen LogP contribution in [-0.4, -0.2) is 31.3 Å². The largest absolute Gasteiger partial charge is 0.369 e. The monoisotopic (exact) mass is 451 g/mol. The Hall–Kier alpha value is -2.68. The van der Waals surface area contributed by atoms with Crippen LogP contribution in [0.4, 0.5) is 5.82 Å². The first-order valence-corrected chi connectivity index (χ1v) is 10.2. The third kappa shape index (κ3) is 2.99. The topological polar surface area (TPSA) is 83.8 Å². The number of halogens is 1. The molecular weight excluding hydrogens is 438 g/mol. The predicted octanol–water partition coefficient (Wildman–Crippen LogP) is 4.60. The molecule has 0 bridgehead atoms. The van der Waals surface area contributed by atoms with Crippen molar-refractivity contribution in [2.75, 3.05) is 5.32 Å². The Kier molecular flexibility index (Phi) is 4.19. The third-order valence-electron chi connectivity index (χ3n) is 4.46. The Morgan fingerprint density at radius 3 is 2.86 bits per heavy atom. The molecule has 0 amide bonds. The molecule has 4 aromatic rings. The number of pyridine rings is 1. The number of fused-ring (bicyclic) bond motifs is 2. The summed E-state index contributed by atoms with van der Waals surface area (Å²) in [6.07, 6.45) is 4.55. The summed E-state index contributed by atoms with van der Waals surface area (Å²) in [5.41, 5.74) is 4.05. The van der Waals surface area contributed by atoms with Gasteiger partial charge in [-0.05, 0) is 31.2 Å². The highest BCUT2D eigenvalue weighted by molar-refractivity contribution is 9.11. The number of benzene rings is 1. The second kappa shape index (κ2) is 6.73. The molecule has 0 radical (unpaired) electrons. The van der Waals surface area contributed by atoms with E-state index in [9.17, 15) is 5.11 Å². The van der Waals surface area contributed by atoms with E-state index in [1.54, 1.807) is 23.6 Å². The first-order chi connectivity index (χ1) is 13.6. The number of hydrogen-bond acceptors (Lipinski definition) is 7. The van der Waals surface area contributed by atoms with Crippen molar-refractivity contribution in [3.05, 3.63) is 57.9 Å². The summed E-state index contributed by atoms with van der Waals surface area (Å²) in [4.78, 5) is 19.4. The molecule has 0 aliphatic carbocycles. The fraction of sp³-hybridized carbons (Fsp3) is 0.100. The van der Waals surface area contributed by atoms with E-state index < -0.39 is 6.23 Å². The molecule has 0 fully saturated rings. The van der Waals surface area contributed by atoms with Crippen LogP contribution in [0.5, 0.6) is 0 Å². The van der Waals surface area contributed by atoms with Gasteiger partial charge < -0.3 is 10.4 Å². The fourth-order valence-electron chi connectivity index (χ4n) is 3.13. The summed E-state index contributed by atoms with van der Waals surface area (Å²) in [6.45, 7) is 1.96. The van der Waals surface area contributed by atoms with Crippen molar-refractivity contribution in [2.45, 2.75) is 13.2 Å². The van der Waals surface area contributed by atoms with Gasteiger partial charge in [-0.25, -0.2) is 15.0 Å². The molecule has 8 heteroatoms. The molecule has 1 aromatic carbocycles. The Labute approximate surface area is 173 Å². The van der Waals surface area contributed by atoms with E-state index in [0.29, 0.717) is 16.0 Å². The maximum Gasteiger partial charge on any atom is 0.158 e. The molecule has 28 heavy (non-hydrogen) atoms. The zero-order chi connectivity index (χ0) is 19.3. The van der Waals surface area contributed by atoms with E-state index >= 15 is 0 Å². The molecule has 4 heterocycles. The van der Waals surface area contributed by atoms with E-state index in [1.165, 1.54) is 0 Å². The zero-order valence-electron chi connectivity index (χ0n) is 14.7. The van der Waals surface area contributed by atoms with Gasteiger partial charge in [0.05, 0.1) is 21.1 Å². The Balaban J connectivity index is 1.76. The molecule has 0 spiro atoms. The van der Waals surface area contributed by atoms with Crippen LogP contribution in [0.1, 0.15) is 10.7 Å². The third-order valence-corrected chi connectivity index (χ3v) is 6.05. The van der Waals surface area contributed by atoms with Crippen LogP contribution in [0, 0.1) is 6.92 Å². The lowest BCUT2D eigenvalue weighted by Gasteiger charge is -2.21. The number of nitrogens with one attached hydrogen (secondary N) is 1. The van der Waals surface area contributed by atoms with E-state index in [0.717, 1.165) is 37.7 Å². The fourth-order valence-corrected chi connectivity index (χ4v) is 4.23. The molecule has 1 atom stereocenters.